The molecule has 0 aromatic carbocycles. The molecule has 1 aliphatic heterocycles. The van der Waals surface area contributed by atoms with Gasteiger partial charge in [-0.15, -0.1) is 0 Å². The molecule has 6 heteroatoms. The van der Waals surface area contributed by atoms with Crippen LogP contribution in [0.25, 0.3) is 0 Å². The summed E-state index contributed by atoms with van der Waals surface area (Å²) in [5.41, 5.74) is -1.26. The highest BCUT2D eigenvalue weighted by molar-refractivity contribution is 5.92. The highest BCUT2D eigenvalue weighted by Gasteiger charge is 2.45. The zero-order valence-electron chi connectivity index (χ0n) is 11.5. The van der Waals surface area contributed by atoms with Crippen LogP contribution in [0.5, 0.6) is 0 Å². The summed E-state index contributed by atoms with van der Waals surface area (Å²) in [4.78, 5) is 38.3. The number of carboxylic acids is 1. The van der Waals surface area contributed by atoms with Crippen LogP contribution in [-0.4, -0.2) is 57.9 Å². The quantitative estimate of drug-likeness (QED) is 0.796. The average Bonchev–Trinajstić information content (AvgIpc) is 3.10. The summed E-state index contributed by atoms with van der Waals surface area (Å²) in [5, 5.41) is 9.13. The summed E-state index contributed by atoms with van der Waals surface area (Å²) in [6, 6.07) is 0.308. The van der Waals surface area contributed by atoms with Gasteiger partial charge in [0.1, 0.15) is 5.54 Å². The predicted molar refractivity (Wildman–Crippen MR) is 67.3 cm³/mol. The molecule has 0 radical (unpaired) electrons. The number of nitrogens with zero attached hydrogens (tertiary/aromatic N) is 2. The van der Waals surface area contributed by atoms with Crippen molar-refractivity contribution in [1.29, 1.82) is 0 Å². The standard InChI is InChI=1S/C13H20N2O4/c1-13(2,12(18)19)14(3)11(17)8-6-10(16)15(7-8)9-4-5-9/h8-9H,4-7H2,1-3H3,(H,18,19). The molecule has 1 aliphatic carbocycles. The van der Waals surface area contributed by atoms with Crippen molar-refractivity contribution < 1.29 is 19.5 Å². The molecule has 0 aromatic rings. The zero-order chi connectivity index (χ0) is 14.4. The van der Waals surface area contributed by atoms with Gasteiger partial charge in [0.25, 0.3) is 0 Å². The molecule has 2 aliphatic rings. The number of carbonyl (C=O) groups is 3. The van der Waals surface area contributed by atoms with Gasteiger partial charge in [-0.3, -0.25) is 9.59 Å². The summed E-state index contributed by atoms with van der Waals surface area (Å²) in [6.07, 6.45) is 2.24. The van der Waals surface area contributed by atoms with Gasteiger partial charge in [0.2, 0.25) is 11.8 Å². The molecule has 1 heterocycles. The zero-order valence-corrected chi connectivity index (χ0v) is 11.5. The Balaban J connectivity index is 2.04. The van der Waals surface area contributed by atoms with E-state index >= 15 is 0 Å². The fourth-order valence-corrected chi connectivity index (χ4v) is 2.33. The lowest BCUT2D eigenvalue weighted by Gasteiger charge is -2.33. The minimum absolute atomic E-state index is 0.0161. The molecule has 2 rings (SSSR count). The molecule has 0 spiro atoms. The monoisotopic (exact) mass is 268 g/mol. The summed E-state index contributed by atoms with van der Waals surface area (Å²) in [5.74, 6) is -1.70. The van der Waals surface area contributed by atoms with Crippen LogP contribution in [0.1, 0.15) is 33.1 Å². The molecule has 0 bridgehead atoms. The highest BCUT2D eigenvalue weighted by atomic mass is 16.4. The molecule has 1 N–H and O–H groups in total. The average molecular weight is 268 g/mol. The van der Waals surface area contributed by atoms with Gasteiger partial charge in [-0.2, -0.15) is 0 Å². The van der Waals surface area contributed by atoms with E-state index in [-0.39, 0.29) is 18.2 Å². The Morgan fingerprint density at radius 1 is 1.37 bits per heavy atom. The Morgan fingerprint density at radius 3 is 2.42 bits per heavy atom. The lowest BCUT2D eigenvalue weighted by atomic mass is 10.00. The maximum absolute atomic E-state index is 12.3. The van der Waals surface area contributed by atoms with Crippen LogP contribution in [0.3, 0.4) is 0 Å². The number of carboxylic acid groups (broad SMARTS) is 1. The van der Waals surface area contributed by atoms with Gasteiger partial charge < -0.3 is 14.9 Å². The molecule has 19 heavy (non-hydrogen) atoms. The Kier molecular flexibility index (Phi) is 3.28. The van der Waals surface area contributed by atoms with Crippen molar-refractivity contribution in [2.75, 3.05) is 13.6 Å². The Bertz CT molecular complexity index is 428. The summed E-state index contributed by atoms with van der Waals surface area (Å²) >= 11 is 0. The van der Waals surface area contributed by atoms with E-state index in [1.165, 1.54) is 25.8 Å². The van der Waals surface area contributed by atoms with Crippen molar-refractivity contribution in [3.63, 3.8) is 0 Å². The van der Waals surface area contributed by atoms with Crippen molar-refractivity contribution in [3.8, 4) is 0 Å². The van der Waals surface area contributed by atoms with Gasteiger partial charge in [0.15, 0.2) is 0 Å². The molecular formula is C13H20N2O4. The molecule has 1 saturated carbocycles. The molecule has 2 fully saturated rings. The van der Waals surface area contributed by atoms with Crippen LogP contribution in [0.2, 0.25) is 0 Å². The normalized spacial score (nSPS) is 23.6. The van der Waals surface area contributed by atoms with Gasteiger partial charge in [0, 0.05) is 26.1 Å². The van der Waals surface area contributed by atoms with Gasteiger partial charge in [0.05, 0.1) is 5.92 Å². The summed E-state index contributed by atoms with van der Waals surface area (Å²) < 4.78 is 0. The molecule has 2 amide bonds. The van der Waals surface area contributed by atoms with E-state index in [0.717, 1.165) is 12.8 Å². The maximum Gasteiger partial charge on any atom is 0.329 e. The molecular weight excluding hydrogens is 248 g/mol. The Labute approximate surface area is 112 Å². The first-order valence-electron chi connectivity index (χ1n) is 6.55. The third-order valence-corrected chi connectivity index (χ3v) is 4.19. The molecule has 0 aromatic heterocycles. The van der Waals surface area contributed by atoms with Gasteiger partial charge >= 0.3 is 5.97 Å². The summed E-state index contributed by atoms with van der Waals surface area (Å²) in [7, 11) is 1.49. The second kappa shape index (κ2) is 4.51. The Morgan fingerprint density at radius 2 is 1.95 bits per heavy atom. The van der Waals surface area contributed by atoms with E-state index in [2.05, 4.69) is 0 Å². The van der Waals surface area contributed by atoms with E-state index in [1.807, 2.05) is 0 Å². The highest BCUT2D eigenvalue weighted by Crippen LogP contribution is 2.33. The minimum atomic E-state index is -1.26. The number of amides is 2. The van der Waals surface area contributed by atoms with Gasteiger partial charge in [-0.25, -0.2) is 4.79 Å². The number of hydrogen-bond acceptors (Lipinski definition) is 3. The first kappa shape index (κ1) is 13.8. The van der Waals surface area contributed by atoms with Crippen molar-refractivity contribution >= 4 is 17.8 Å². The van der Waals surface area contributed by atoms with Crippen molar-refractivity contribution in [2.45, 2.75) is 44.7 Å². The topological polar surface area (TPSA) is 77.9 Å². The van der Waals surface area contributed by atoms with E-state index in [1.54, 1.807) is 4.90 Å². The van der Waals surface area contributed by atoms with Crippen LogP contribution >= 0.6 is 0 Å². The predicted octanol–water partition coefficient (Wildman–Crippen LogP) is 0.319. The molecule has 106 valence electrons. The first-order valence-corrected chi connectivity index (χ1v) is 6.55. The third kappa shape index (κ3) is 2.43. The minimum Gasteiger partial charge on any atom is -0.480 e. The van der Waals surface area contributed by atoms with E-state index in [9.17, 15) is 14.4 Å². The number of carbonyl (C=O) groups excluding carboxylic acids is 2. The fourth-order valence-electron chi connectivity index (χ4n) is 2.33. The number of hydrogen-bond donors (Lipinski definition) is 1. The van der Waals surface area contributed by atoms with Crippen molar-refractivity contribution in [3.05, 3.63) is 0 Å². The van der Waals surface area contributed by atoms with Crippen LogP contribution in [0.4, 0.5) is 0 Å². The van der Waals surface area contributed by atoms with Crippen LogP contribution < -0.4 is 0 Å². The third-order valence-electron chi connectivity index (χ3n) is 4.19. The Hall–Kier alpha value is -1.59. The largest absolute Gasteiger partial charge is 0.480 e. The van der Waals surface area contributed by atoms with Crippen LogP contribution in [-0.2, 0) is 14.4 Å². The van der Waals surface area contributed by atoms with Gasteiger partial charge in [-0.05, 0) is 26.7 Å². The number of rotatable bonds is 4. The lowest BCUT2D eigenvalue weighted by Crippen LogP contribution is -2.52. The molecule has 6 nitrogen and oxygen atoms in total. The number of aliphatic carboxylic acids is 1. The smallest absolute Gasteiger partial charge is 0.329 e. The van der Waals surface area contributed by atoms with Crippen LogP contribution in [0, 0.1) is 5.92 Å². The van der Waals surface area contributed by atoms with E-state index in [0.29, 0.717) is 12.6 Å². The van der Waals surface area contributed by atoms with E-state index in [4.69, 9.17) is 5.11 Å². The molecule has 1 unspecified atom stereocenters. The van der Waals surface area contributed by atoms with Crippen molar-refractivity contribution in [1.82, 2.24) is 9.80 Å². The van der Waals surface area contributed by atoms with Crippen molar-refractivity contribution in [2.24, 2.45) is 5.92 Å². The fraction of sp³-hybridized carbons (Fsp3) is 0.769. The second-order valence-electron chi connectivity index (χ2n) is 5.94. The number of likely N-dealkylation sites (tertiary alicyclic amines) is 1. The van der Waals surface area contributed by atoms with Crippen LogP contribution in [0.15, 0.2) is 0 Å². The summed E-state index contributed by atoms with van der Waals surface area (Å²) in [6.45, 7) is 3.41. The van der Waals surface area contributed by atoms with E-state index < -0.39 is 17.4 Å². The SMILES string of the molecule is CN(C(=O)C1CC(=O)N(C2CC2)C1)C(C)(C)C(=O)O. The lowest BCUT2D eigenvalue weighted by molar-refractivity contribution is -0.156. The maximum atomic E-state index is 12.3. The number of likely N-dealkylation sites (N-methyl/N-ethyl adjacent to an activating group) is 1. The first-order chi connectivity index (χ1) is 8.75. The molecule has 1 atom stereocenters. The second-order valence-corrected chi connectivity index (χ2v) is 5.94. The molecule has 1 saturated heterocycles. The van der Waals surface area contributed by atoms with Gasteiger partial charge in [-0.1, -0.05) is 0 Å².